The molecule has 7 heteroatoms. The first-order chi connectivity index (χ1) is 11.7. The Balaban J connectivity index is 1.72. The van der Waals surface area contributed by atoms with Gasteiger partial charge in [-0.15, -0.1) is 0 Å². The topological polar surface area (TPSA) is 67.8 Å². The number of carbonyl (C=O) groups is 1. The Morgan fingerprint density at radius 2 is 2.12 bits per heavy atom. The van der Waals surface area contributed by atoms with Crippen LogP contribution in [0, 0.1) is 0 Å². The van der Waals surface area contributed by atoms with Crippen molar-refractivity contribution in [2.24, 2.45) is 0 Å². The zero-order chi connectivity index (χ0) is 16.5. The molecule has 0 unspecified atom stereocenters. The van der Waals surface area contributed by atoms with Crippen LogP contribution in [0.1, 0.15) is 5.69 Å². The zero-order valence-corrected chi connectivity index (χ0v) is 13.9. The summed E-state index contributed by atoms with van der Waals surface area (Å²) < 4.78 is 0.467. The van der Waals surface area contributed by atoms with Crippen molar-refractivity contribution in [2.75, 3.05) is 0 Å². The maximum absolute atomic E-state index is 11.8. The lowest BCUT2D eigenvalue weighted by atomic mass is 10.1. The highest BCUT2D eigenvalue weighted by Gasteiger charge is 2.22. The molecule has 3 aromatic heterocycles. The molecular formula is C17H10N4OS2. The lowest BCUT2D eigenvalue weighted by Crippen LogP contribution is -2.17. The molecule has 1 fully saturated rings. The fourth-order valence-electron chi connectivity index (χ4n) is 2.36. The van der Waals surface area contributed by atoms with Gasteiger partial charge in [0.25, 0.3) is 5.91 Å². The van der Waals surface area contributed by atoms with E-state index in [4.69, 9.17) is 12.2 Å². The molecule has 1 aliphatic heterocycles. The van der Waals surface area contributed by atoms with Crippen molar-refractivity contribution in [1.82, 2.24) is 20.3 Å². The van der Waals surface area contributed by atoms with Crippen LogP contribution in [0.3, 0.4) is 0 Å². The molecule has 3 aromatic rings. The van der Waals surface area contributed by atoms with E-state index in [1.54, 1.807) is 24.7 Å². The van der Waals surface area contributed by atoms with Crippen LogP contribution in [-0.4, -0.2) is 25.2 Å². The van der Waals surface area contributed by atoms with E-state index in [1.165, 1.54) is 11.8 Å². The number of thiocarbonyl (C=S) groups is 1. The van der Waals surface area contributed by atoms with Gasteiger partial charge < -0.3 is 5.32 Å². The molecule has 0 spiro atoms. The molecule has 1 amide bonds. The van der Waals surface area contributed by atoms with E-state index in [2.05, 4.69) is 20.3 Å². The van der Waals surface area contributed by atoms with Crippen LogP contribution in [0.5, 0.6) is 0 Å². The molecule has 4 heterocycles. The van der Waals surface area contributed by atoms with Crippen LogP contribution in [-0.2, 0) is 4.79 Å². The predicted octanol–water partition coefficient (Wildman–Crippen LogP) is 3.18. The third-order valence-electron chi connectivity index (χ3n) is 3.47. The van der Waals surface area contributed by atoms with Gasteiger partial charge >= 0.3 is 0 Å². The average molecular weight is 350 g/mol. The van der Waals surface area contributed by atoms with Gasteiger partial charge in [0, 0.05) is 23.3 Å². The summed E-state index contributed by atoms with van der Waals surface area (Å²) in [5.74, 6) is -0.183. The number of hydrogen-bond donors (Lipinski definition) is 1. The van der Waals surface area contributed by atoms with Gasteiger partial charge in [0.15, 0.2) is 0 Å². The number of carbonyl (C=O) groups excluding carboxylic acids is 1. The Bertz CT molecular complexity index is 1020. The van der Waals surface area contributed by atoms with Crippen LogP contribution in [0.25, 0.3) is 28.2 Å². The van der Waals surface area contributed by atoms with E-state index in [0.29, 0.717) is 14.9 Å². The Kier molecular flexibility index (Phi) is 3.79. The molecule has 0 bridgehead atoms. The molecule has 1 saturated heterocycles. The van der Waals surface area contributed by atoms with Crippen LogP contribution in [0.2, 0.25) is 0 Å². The number of thioether (sulfide) groups is 1. The molecule has 0 aliphatic carbocycles. The van der Waals surface area contributed by atoms with Crippen molar-refractivity contribution in [3.63, 3.8) is 0 Å². The van der Waals surface area contributed by atoms with E-state index in [1.807, 2.05) is 30.3 Å². The van der Waals surface area contributed by atoms with Crippen molar-refractivity contribution < 1.29 is 4.79 Å². The molecule has 1 N–H and O–H groups in total. The highest BCUT2D eigenvalue weighted by Crippen LogP contribution is 2.26. The van der Waals surface area contributed by atoms with E-state index >= 15 is 0 Å². The summed E-state index contributed by atoms with van der Waals surface area (Å²) in [6.07, 6.45) is 6.98. The highest BCUT2D eigenvalue weighted by molar-refractivity contribution is 8.26. The first kappa shape index (κ1) is 14.9. The average Bonchev–Trinajstić information content (AvgIpc) is 2.92. The van der Waals surface area contributed by atoms with E-state index in [-0.39, 0.29) is 5.91 Å². The van der Waals surface area contributed by atoms with Crippen molar-refractivity contribution in [2.45, 2.75) is 0 Å². The standard InChI is InChI=1S/C17H10N4OS2/c22-16-15(24-17(23)21-16)7-12-2-1-3-13(20-12)11-6-10-4-5-18-9-14(10)19-8-11/h1-9H,(H,21,22,23). The van der Waals surface area contributed by atoms with Gasteiger partial charge in [-0.25, -0.2) is 4.98 Å². The lowest BCUT2D eigenvalue weighted by molar-refractivity contribution is -0.115. The van der Waals surface area contributed by atoms with Gasteiger partial charge in [-0.3, -0.25) is 14.8 Å². The van der Waals surface area contributed by atoms with Gasteiger partial charge in [0.05, 0.1) is 28.0 Å². The normalized spacial score (nSPS) is 15.9. The monoisotopic (exact) mass is 350 g/mol. The minimum absolute atomic E-state index is 0.183. The number of amides is 1. The van der Waals surface area contributed by atoms with Gasteiger partial charge in [0.1, 0.15) is 4.32 Å². The van der Waals surface area contributed by atoms with Crippen LogP contribution in [0.15, 0.2) is 53.8 Å². The lowest BCUT2D eigenvalue weighted by Gasteiger charge is -2.04. The smallest absolute Gasteiger partial charge is 0.263 e. The first-order valence-corrected chi connectivity index (χ1v) is 8.33. The van der Waals surface area contributed by atoms with Crippen LogP contribution < -0.4 is 5.32 Å². The third-order valence-corrected chi connectivity index (χ3v) is 4.64. The number of fused-ring (bicyclic) bond motifs is 1. The Morgan fingerprint density at radius 3 is 2.96 bits per heavy atom. The molecule has 0 radical (unpaired) electrons. The third kappa shape index (κ3) is 2.91. The molecule has 116 valence electrons. The minimum Gasteiger partial charge on any atom is -0.307 e. The molecular weight excluding hydrogens is 340 g/mol. The number of pyridine rings is 3. The van der Waals surface area contributed by atoms with E-state index in [0.717, 1.165) is 22.2 Å². The number of aromatic nitrogens is 3. The first-order valence-electron chi connectivity index (χ1n) is 7.11. The number of nitrogens with one attached hydrogen (secondary N) is 1. The summed E-state index contributed by atoms with van der Waals surface area (Å²) >= 11 is 6.24. The quantitative estimate of drug-likeness (QED) is 0.565. The Hall–Kier alpha value is -2.64. The Labute approximate surface area is 147 Å². The van der Waals surface area contributed by atoms with Gasteiger partial charge in [-0.1, -0.05) is 30.0 Å². The molecule has 0 atom stereocenters. The summed E-state index contributed by atoms with van der Waals surface area (Å²) in [5.41, 5.74) is 3.24. The largest absolute Gasteiger partial charge is 0.307 e. The second-order valence-electron chi connectivity index (χ2n) is 5.09. The highest BCUT2D eigenvalue weighted by atomic mass is 32.2. The van der Waals surface area contributed by atoms with Gasteiger partial charge in [-0.2, -0.15) is 0 Å². The van der Waals surface area contributed by atoms with Crippen molar-refractivity contribution >= 4 is 51.2 Å². The second-order valence-corrected chi connectivity index (χ2v) is 6.81. The molecule has 0 aromatic carbocycles. The minimum atomic E-state index is -0.183. The molecule has 1 aliphatic rings. The maximum Gasteiger partial charge on any atom is 0.263 e. The van der Waals surface area contributed by atoms with Crippen molar-refractivity contribution in [1.29, 1.82) is 0 Å². The maximum atomic E-state index is 11.8. The predicted molar refractivity (Wildman–Crippen MR) is 99.1 cm³/mol. The summed E-state index contributed by atoms with van der Waals surface area (Å²) in [7, 11) is 0. The summed E-state index contributed by atoms with van der Waals surface area (Å²) in [4.78, 5) is 25.4. The van der Waals surface area contributed by atoms with Crippen molar-refractivity contribution in [3.05, 3.63) is 59.5 Å². The fraction of sp³-hybridized carbons (Fsp3) is 0. The second kappa shape index (κ2) is 6.10. The Morgan fingerprint density at radius 1 is 1.21 bits per heavy atom. The zero-order valence-electron chi connectivity index (χ0n) is 12.3. The summed E-state index contributed by atoms with van der Waals surface area (Å²) in [6.45, 7) is 0. The van der Waals surface area contributed by atoms with Gasteiger partial charge in [0.2, 0.25) is 0 Å². The van der Waals surface area contributed by atoms with Crippen molar-refractivity contribution in [3.8, 4) is 11.3 Å². The van der Waals surface area contributed by atoms with E-state index in [9.17, 15) is 4.79 Å². The molecule has 24 heavy (non-hydrogen) atoms. The number of hydrogen-bond acceptors (Lipinski definition) is 6. The molecule has 4 rings (SSSR count). The summed E-state index contributed by atoms with van der Waals surface area (Å²) in [5, 5.41) is 3.60. The van der Waals surface area contributed by atoms with Gasteiger partial charge in [-0.05, 0) is 30.3 Å². The number of nitrogens with zero attached hydrogens (tertiary/aromatic N) is 3. The summed E-state index contributed by atoms with van der Waals surface area (Å²) in [6, 6.07) is 9.61. The molecule has 0 saturated carbocycles. The van der Waals surface area contributed by atoms with Crippen LogP contribution in [0.4, 0.5) is 0 Å². The van der Waals surface area contributed by atoms with Crippen LogP contribution >= 0.6 is 24.0 Å². The fourth-order valence-corrected chi connectivity index (χ4v) is 3.39. The molecule has 5 nitrogen and oxygen atoms in total. The SMILES string of the molecule is O=C1NC(=S)SC1=Cc1cccc(-c2cnc3cnccc3c2)n1. The number of rotatable bonds is 2. The van der Waals surface area contributed by atoms with E-state index < -0.39 is 0 Å².